The minimum atomic E-state index is 0.175. The van der Waals surface area contributed by atoms with Gasteiger partial charge < -0.3 is 9.80 Å². The number of hydrogen-bond acceptors (Lipinski definition) is 4. The maximum atomic E-state index is 12.6. The fraction of sp³-hybridized carbons (Fsp3) is 0.389. The summed E-state index contributed by atoms with van der Waals surface area (Å²) in [6.07, 6.45) is 4.92. The second-order valence-electron chi connectivity index (χ2n) is 5.81. The smallest absolute Gasteiger partial charge is 0.225 e. The third-order valence-corrected chi connectivity index (χ3v) is 4.29. The number of amides is 1. The average Bonchev–Trinajstić information content (AvgIpc) is 2.76. The van der Waals surface area contributed by atoms with E-state index in [1.807, 2.05) is 29.2 Å². The van der Waals surface area contributed by atoms with Gasteiger partial charge in [0.25, 0.3) is 0 Å². The van der Waals surface area contributed by atoms with Crippen LogP contribution in [0.25, 0.3) is 0 Å². The molecule has 1 aromatic carbocycles. The Hall–Kier alpha value is -2.43. The molecule has 0 N–H and O–H groups in total. The molecule has 1 fully saturated rings. The van der Waals surface area contributed by atoms with E-state index in [-0.39, 0.29) is 11.9 Å². The summed E-state index contributed by atoms with van der Waals surface area (Å²) in [7, 11) is 0. The number of rotatable bonds is 4. The maximum absolute atomic E-state index is 12.6. The van der Waals surface area contributed by atoms with E-state index in [2.05, 4.69) is 33.9 Å². The summed E-state index contributed by atoms with van der Waals surface area (Å²) in [5.74, 6) is 0.916. The molecule has 1 aliphatic heterocycles. The van der Waals surface area contributed by atoms with E-state index in [1.54, 1.807) is 12.4 Å². The SMILES string of the molecule is CC[C@H]1CN(c2ncccn2)CCC(=O)N1Cc1ccccc1. The fourth-order valence-corrected chi connectivity index (χ4v) is 3.01. The molecule has 2 heterocycles. The summed E-state index contributed by atoms with van der Waals surface area (Å²) in [5, 5.41) is 0. The zero-order valence-electron chi connectivity index (χ0n) is 13.4. The second kappa shape index (κ2) is 7.22. The second-order valence-corrected chi connectivity index (χ2v) is 5.81. The molecule has 2 aromatic rings. The Kier molecular flexibility index (Phi) is 4.86. The van der Waals surface area contributed by atoms with Crippen molar-refractivity contribution in [1.82, 2.24) is 14.9 Å². The van der Waals surface area contributed by atoms with E-state index in [0.717, 1.165) is 13.0 Å². The molecule has 1 saturated heterocycles. The molecular formula is C18H22N4O. The summed E-state index contributed by atoms with van der Waals surface area (Å²) in [5.41, 5.74) is 1.17. The number of carbonyl (C=O) groups is 1. The quantitative estimate of drug-likeness (QED) is 0.870. The summed E-state index contributed by atoms with van der Waals surface area (Å²) in [6, 6.07) is 12.2. The molecule has 0 unspecified atom stereocenters. The minimum absolute atomic E-state index is 0.175. The van der Waals surface area contributed by atoms with Crippen molar-refractivity contribution in [1.29, 1.82) is 0 Å². The Morgan fingerprint density at radius 2 is 1.87 bits per heavy atom. The van der Waals surface area contributed by atoms with Crippen LogP contribution in [0.2, 0.25) is 0 Å². The van der Waals surface area contributed by atoms with Gasteiger partial charge >= 0.3 is 0 Å². The normalized spacial score (nSPS) is 18.8. The van der Waals surface area contributed by atoms with Crippen LogP contribution in [0, 0.1) is 0 Å². The molecule has 1 atom stereocenters. The van der Waals surface area contributed by atoms with E-state index >= 15 is 0 Å². The predicted molar refractivity (Wildman–Crippen MR) is 89.9 cm³/mol. The predicted octanol–water partition coefficient (Wildman–Crippen LogP) is 2.49. The number of aromatic nitrogens is 2. The number of anilines is 1. The largest absolute Gasteiger partial charge is 0.338 e. The van der Waals surface area contributed by atoms with Gasteiger partial charge in [-0.3, -0.25) is 4.79 Å². The standard InChI is InChI=1S/C18H22N4O/c1-2-16-14-21(18-19-10-6-11-20-18)12-9-17(23)22(16)13-15-7-4-3-5-8-15/h3-8,10-11,16H,2,9,12-14H2,1H3/t16-/m0/s1. The van der Waals surface area contributed by atoms with Crippen molar-refractivity contribution in [3.05, 3.63) is 54.4 Å². The number of hydrogen-bond donors (Lipinski definition) is 0. The average molecular weight is 310 g/mol. The lowest BCUT2D eigenvalue weighted by molar-refractivity contribution is -0.133. The molecule has 3 rings (SSSR count). The fourth-order valence-electron chi connectivity index (χ4n) is 3.01. The Bertz CT molecular complexity index is 632. The Morgan fingerprint density at radius 1 is 1.13 bits per heavy atom. The van der Waals surface area contributed by atoms with Gasteiger partial charge in [0, 0.05) is 44.5 Å². The molecule has 0 spiro atoms. The molecule has 5 heteroatoms. The summed E-state index contributed by atoms with van der Waals surface area (Å²) in [6.45, 7) is 4.25. The zero-order valence-corrected chi connectivity index (χ0v) is 13.4. The van der Waals surface area contributed by atoms with Crippen molar-refractivity contribution >= 4 is 11.9 Å². The van der Waals surface area contributed by atoms with Crippen LogP contribution >= 0.6 is 0 Å². The molecule has 1 amide bonds. The summed E-state index contributed by atoms with van der Waals surface area (Å²) < 4.78 is 0. The van der Waals surface area contributed by atoms with Gasteiger partial charge in [-0.15, -0.1) is 0 Å². The van der Waals surface area contributed by atoms with Crippen LogP contribution in [-0.4, -0.2) is 39.9 Å². The Balaban J connectivity index is 1.79. The lowest BCUT2D eigenvalue weighted by atomic mass is 10.1. The molecule has 1 aliphatic rings. The van der Waals surface area contributed by atoms with Crippen molar-refractivity contribution in [3.8, 4) is 0 Å². The molecule has 0 saturated carbocycles. The first kappa shape index (κ1) is 15.5. The molecule has 1 aromatic heterocycles. The van der Waals surface area contributed by atoms with Crippen molar-refractivity contribution in [2.24, 2.45) is 0 Å². The Morgan fingerprint density at radius 3 is 2.57 bits per heavy atom. The third-order valence-electron chi connectivity index (χ3n) is 4.29. The van der Waals surface area contributed by atoms with E-state index in [4.69, 9.17) is 0 Å². The number of carbonyl (C=O) groups excluding carboxylic acids is 1. The van der Waals surface area contributed by atoms with Crippen LogP contribution in [-0.2, 0) is 11.3 Å². The molecular weight excluding hydrogens is 288 g/mol. The summed E-state index contributed by atoms with van der Waals surface area (Å²) in [4.78, 5) is 25.4. The number of nitrogens with zero attached hydrogens (tertiary/aromatic N) is 4. The lowest BCUT2D eigenvalue weighted by Gasteiger charge is -2.31. The van der Waals surface area contributed by atoms with Gasteiger partial charge in [0.15, 0.2) is 0 Å². The molecule has 0 radical (unpaired) electrons. The minimum Gasteiger partial charge on any atom is -0.338 e. The van der Waals surface area contributed by atoms with Crippen LogP contribution in [0.3, 0.4) is 0 Å². The van der Waals surface area contributed by atoms with Crippen LogP contribution in [0.5, 0.6) is 0 Å². The first-order valence-corrected chi connectivity index (χ1v) is 8.13. The van der Waals surface area contributed by atoms with Crippen molar-refractivity contribution < 1.29 is 4.79 Å². The van der Waals surface area contributed by atoms with Crippen LogP contribution < -0.4 is 4.90 Å². The first-order chi connectivity index (χ1) is 11.3. The molecule has 0 bridgehead atoms. The highest BCUT2D eigenvalue weighted by Gasteiger charge is 2.29. The van der Waals surface area contributed by atoms with Gasteiger partial charge in [0.05, 0.1) is 0 Å². The van der Waals surface area contributed by atoms with E-state index in [1.165, 1.54) is 5.56 Å². The van der Waals surface area contributed by atoms with Gasteiger partial charge in [-0.25, -0.2) is 9.97 Å². The molecule has 23 heavy (non-hydrogen) atoms. The monoisotopic (exact) mass is 310 g/mol. The van der Waals surface area contributed by atoms with Crippen molar-refractivity contribution in [2.75, 3.05) is 18.0 Å². The Labute approximate surface area is 137 Å². The lowest BCUT2D eigenvalue weighted by Crippen LogP contribution is -2.42. The molecule has 120 valence electrons. The van der Waals surface area contributed by atoms with Crippen molar-refractivity contribution in [2.45, 2.75) is 32.4 Å². The summed E-state index contributed by atoms with van der Waals surface area (Å²) >= 11 is 0. The highest BCUT2D eigenvalue weighted by Crippen LogP contribution is 2.20. The van der Waals surface area contributed by atoms with E-state index in [9.17, 15) is 4.79 Å². The topological polar surface area (TPSA) is 49.3 Å². The van der Waals surface area contributed by atoms with Gasteiger partial charge in [0.1, 0.15) is 0 Å². The van der Waals surface area contributed by atoms with E-state index < -0.39 is 0 Å². The van der Waals surface area contributed by atoms with Gasteiger partial charge in [-0.1, -0.05) is 37.3 Å². The maximum Gasteiger partial charge on any atom is 0.225 e. The third kappa shape index (κ3) is 3.67. The molecule has 0 aliphatic carbocycles. The van der Waals surface area contributed by atoms with Crippen LogP contribution in [0.4, 0.5) is 5.95 Å². The first-order valence-electron chi connectivity index (χ1n) is 8.13. The van der Waals surface area contributed by atoms with Crippen molar-refractivity contribution in [3.63, 3.8) is 0 Å². The molecule has 5 nitrogen and oxygen atoms in total. The van der Waals surface area contributed by atoms with Crippen LogP contribution in [0.15, 0.2) is 48.8 Å². The highest BCUT2D eigenvalue weighted by atomic mass is 16.2. The van der Waals surface area contributed by atoms with E-state index in [0.29, 0.717) is 25.5 Å². The zero-order chi connectivity index (χ0) is 16.1. The van der Waals surface area contributed by atoms with Gasteiger partial charge in [-0.2, -0.15) is 0 Å². The highest BCUT2D eigenvalue weighted by molar-refractivity contribution is 5.77. The van der Waals surface area contributed by atoms with Crippen LogP contribution in [0.1, 0.15) is 25.3 Å². The van der Waals surface area contributed by atoms with Gasteiger partial charge in [0.2, 0.25) is 11.9 Å². The van der Waals surface area contributed by atoms with Gasteiger partial charge in [-0.05, 0) is 18.1 Å². The number of benzene rings is 1.